The maximum absolute atomic E-state index is 13.5. The number of carbonyl (C=O) groups is 3. The molecule has 0 saturated heterocycles. The van der Waals surface area contributed by atoms with Crippen molar-refractivity contribution in [1.29, 1.82) is 0 Å². The molecule has 2 bridgehead atoms. The van der Waals surface area contributed by atoms with Crippen LogP contribution in [-0.2, 0) is 29.0 Å². The minimum absolute atomic E-state index is 0.124. The molecule has 2 atom stereocenters. The minimum atomic E-state index is -1.19. The Bertz CT molecular complexity index is 1330. The number of ether oxygens (including phenoxy) is 2. The first-order valence-corrected chi connectivity index (χ1v) is 13.6. The van der Waals surface area contributed by atoms with E-state index < -0.39 is 29.9 Å². The van der Waals surface area contributed by atoms with Crippen molar-refractivity contribution in [2.24, 2.45) is 0 Å². The zero-order chi connectivity index (χ0) is 29.2. The first-order valence-electron chi connectivity index (χ1n) is 13.6. The Morgan fingerprint density at radius 1 is 1.15 bits per heavy atom. The van der Waals surface area contributed by atoms with E-state index in [9.17, 15) is 19.5 Å². The van der Waals surface area contributed by atoms with Crippen molar-refractivity contribution in [2.45, 2.75) is 44.9 Å². The van der Waals surface area contributed by atoms with Crippen LogP contribution in [0.4, 0.5) is 0 Å². The van der Waals surface area contributed by atoms with Crippen LogP contribution in [0, 0.1) is 0 Å². The standard InChI is InChI=1S/C29H36N6O6/c1-20(36)29(39)34-15-12-22-19-35(33-32-22)14-7-17-41-26-23(10-6-11-25(26)40-2)27(37)31-24(28(38)30-13-16-34)18-21-8-4-3-5-9-21/h3-6,8-11,19-20,24,36H,7,12-18H2,1-2H3,(H,30,38)(H,31,37)/t20-,24-/m0/s1. The molecule has 2 aromatic carbocycles. The van der Waals surface area contributed by atoms with Gasteiger partial charge in [-0.3, -0.25) is 19.1 Å². The topological polar surface area (TPSA) is 148 Å². The lowest BCUT2D eigenvalue weighted by Crippen LogP contribution is -2.50. The van der Waals surface area contributed by atoms with E-state index in [4.69, 9.17) is 9.47 Å². The largest absolute Gasteiger partial charge is 0.493 e. The van der Waals surface area contributed by atoms with Gasteiger partial charge in [0.15, 0.2) is 11.5 Å². The quantitative estimate of drug-likeness (QED) is 0.425. The molecule has 1 aromatic heterocycles. The number of amides is 3. The zero-order valence-electron chi connectivity index (χ0n) is 23.3. The van der Waals surface area contributed by atoms with Gasteiger partial charge < -0.3 is 30.1 Å². The summed E-state index contributed by atoms with van der Waals surface area (Å²) in [6.45, 7) is 2.80. The highest BCUT2D eigenvalue weighted by molar-refractivity contribution is 6.00. The van der Waals surface area contributed by atoms with E-state index in [1.165, 1.54) is 18.9 Å². The number of para-hydroxylation sites is 1. The molecular formula is C29H36N6O6. The first-order chi connectivity index (χ1) is 19.9. The lowest BCUT2D eigenvalue weighted by Gasteiger charge is -2.25. The average Bonchev–Trinajstić information content (AvgIpc) is 3.43. The third kappa shape index (κ3) is 8.04. The van der Waals surface area contributed by atoms with Crippen LogP contribution in [-0.4, -0.2) is 88.2 Å². The van der Waals surface area contributed by atoms with Gasteiger partial charge in [0.2, 0.25) is 5.91 Å². The highest BCUT2D eigenvalue weighted by Crippen LogP contribution is 2.31. The lowest BCUT2D eigenvalue weighted by molar-refractivity contribution is -0.139. The first kappa shape index (κ1) is 29.5. The molecule has 0 radical (unpaired) electrons. The summed E-state index contributed by atoms with van der Waals surface area (Å²) in [7, 11) is 1.50. The van der Waals surface area contributed by atoms with E-state index >= 15 is 0 Å². The third-order valence-electron chi connectivity index (χ3n) is 6.70. The minimum Gasteiger partial charge on any atom is -0.493 e. The molecule has 4 rings (SSSR count). The second-order valence-corrected chi connectivity index (χ2v) is 9.77. The number of aliphatic hydroxyl groups excluding tert-OH is 1. The van der Waals surface area contributed by atoms with Gasteiger partial charge in [0.25, 0.3) is 11.8 Å². The van der Waals surface area contributed by atoms with Gasteiger partial charge in [-0.05, 0) is 24.6 Å². The number of hydrogen-bond donors (Lipinski definition) is 3. The van der Waals surface area contributed by atoms with Gasteiger partial charge in [0.1, 0.15) is 12.1 Å². The van der Waals surface area contributed by atoms with Crippen molar-refractivity contribution in [3.05, 3.63) is 71.5 Å². The fourth-order valence-electron chi connectivity index (χ4n) is 4.55. The highest BCUT2D eigenvalue weighted by atomic mass is 16.5. The zero-order valence-corrected chi connectivity index (χ0v) is 23.3. The monoisotopic (exact) mass is 564 g/mol. The van der Waals surface area contributed by atoms with E-state index in [1.807, 2.05) is 30.3 Å². The number of nitrogens with zero attached hydrogens (tertiary/aromatic N) is 4. The molecule has 12 nitrogen and oxygen atoms in total. The molecule has 0 saturated carbocycles. The second kappa shape index (κ2) is 14.3. The SMILES string of the molecule is COc1cccc2c1OCCCn1cc(nn1)CCN(C(=O)[C@H](C)O)CCNC(=O)[C@H](Cc1ccccc1)NC2=O. The molecule has 0 unspecified atom stereocenters. The Balaban J connectivity index is 1.61. The summed E-state index contributed by atoms with van der Waals surface area (Å²) in [5.41, 5.74) is 1.80. The molecule has 0 aliphatic carbocycles. The Labute approximate surface area is 238 Å². The van der Waals surface area contributed by atoms with Gasteiger partial charge in [0, 0.05) is 51.6 Å². The van der Waals surface area contributed by atoms with Crippen LogP contribution in [0.15, 0.2) is 54.7 Å². The Kier molecular flexibility index (Phi) is 10.3. The summed E-state index contributed by atoms with van der Waals surface area (Å²) in [4.78, 5) is 41.1. The average molecular weight is 565 g/mol. The van der Waals surface area contributed by atoms with Crippen LogP contribution in [0.3, 0.4) is 0 Å². The Hall–Kier alpha value is -4.45. The number of aliphatic hydroxyl groups is 1. The normalized spacial score (nSPS) is 17.9. The van der Waals surface area contributed by atoms with Gasteiger partial charge in [0.05, 0.1) is 25.0 Å². The molecule has 3 aromatic rings. The van der Waals surface area contributed by atoms with Gasteiger partial charge in [-0.1, -0.05) is 41.6 Å². The van der Waals surface area contributed by atoms with Crippen molar-refractivity contribution in [2.75, 3.05) is 33.4 Å². The van der Waals surface area contributed by atoms with Crippen LogP contribution in [0.5, 0.6) is 11.5 Å². The number of nitrogens with one attached hydrogen (secondary N) is 2. The third-order valence-corrected chi connectivity index (χ3v) is 6.70. The van der Waals surface area contributed by atoms with Crippen LogP contribution in [0.25, 0.3) is 0 Å². The summed E-state index contributed by atoms with van der Waals surface area (Å²) in [6, 6.07) is 13.5. The molecule has 1 aliphatic rings. The van der Waals surface area contributed by atoms with Gasteiger partial charge in [-0.2, -0.15) is 0 Å². The summed E-state index contributed by atoms with van der Waals surface area (Å²) >= 11 is 0. The lowest BCUT2D eigenvalue weighted by atomic mass is 10.0. The van der Waals surface area contributed by atoms with Crippen LogP contribution >= 0.6 is 0 Å². The van der Waals surface area contributed by atoms with Crippen LogP contribution < -0.4 is 20.1 Å². The Morgan fingerprint density at radius 3 is 2.71 bits per heavy atom. The van der Waals surface area contributed by atoms with Crippen molar-refractivity contribution >= 4 is 17.7 Å². The van der Waals surface area contributed by atoms with Gasteiger partial charge >= 0.3 is 0 Å². The summed E-state index contributed by atoms with van der Waals surface area (Å²) in [6.07, 6.45) is 1.87. The fraction of sp³-hybridized carbons (Fsp3) is 0.414. The molecule has 1 aliphatic heterocycles. The number of benzene rings is 2. The van der Waals surface area contributed by atoms with E-state index in [2.05, 4.69) is 20.9 Å². The number of carbonyl (C=O) groups excluding carboxylic acids is 3. The molecule has 3 N–H and O–H groups in total. The molecule has 0 fully saturated rings. The van der Waals surface area contributed by atoms with Gasteiger partial charge in [-0.25, -0.2) is 0 Å². The van der Waals surface area contributed by atoms with Crippen molar-refractivity contribution in [3.63, 3.8) is 0 Å². The van der Waals surface area contributed by atoms with Crippen molar-refractivity contribution in [1.82, 2.24) is 30.5 Å². The van der Waals surface area contributed by atoms with Crippen molar-refractivity contribution < 1.29 is 29.0 Å². The summed E-state index contributed by atoms with van der Waals surface area (Å²) < 4.78 is 13.2. The number of hydrogen-bond acceptors (Lipinski definition) is 8. The highest BCUT2D eigenvalue weighted by Gasteiger charge is 2.26. The maximum Gasteiger partial charge on any atom is 0.255 e. The van der Waals surface area contributed by atoms with Crippen LogP contribution in [0.2, 0.25) is 0 Å². The predicted octanol–water partition coefficient (Wildman–Crippen LogP) is 0.979. The Morgan fingerprint density at radius 2 is 1.95 bits per heavy atom. The number of aromatic nitrogens is 3. The van der Waals surface area contributed by atoms with E-state index in [0.29, 0.717) is 37.4 Å². The number of fused-ring (bicyclic) bond motifs is 3. The van der Waals surface area contributed by atoms with Crippen LogP contribution in [0.1, 0.15) is 35.0 Å². The smallest absolute Gasteiger partial charge is 0.255 e. The number of methoxy groups -OCH3 is 1. The summed E-state index contributed by atoms with van der Waals surface area (Å²) in [5.74, 6) is -0.652. The fourth-order valence-corrected chi connectivity index (χ4v) is 4.55. The molecule has 12 heteroatoms. The predicted molar refractivity (Wildman–Crippen MR) is 150 cm³/mol. The van der Waals surface area contributed by atoms with Crippen molar-refractivity contribution in [3.8, 4) is 11.5 Å². The summed E-state index contributed by atoms with van der Waals surface area (Å²) in [5, 5.41) is 24.0. The number of rotatable bonds is 4. The molecule has 218 valence electrons. The van der Waals surface area contributed by atoms with E-state index in [0.717, 1.165) is 5.56 Å². The van der Waals surface area contributed by atoms with E-state index in [-0.39, 0.29) is 37.4 Å². The maximum atomic E-state index is 13.5. The second-order valence-electron chi connectivity index (χ2n) is 9.77. The molecule has 3 amide bonds. The number of aryl methyl sites for hydroxylation is 1. The molecule has 0 spiro atoms. The van der Waals surface area contributed by atoms with E-state index in [1.54, 1.807) is 29.1 Å². The molecular weight excluding hydrogens is 528 g/mol. The molecule has 2 heterocycles. The van der Waals surface area contributed by atoms with Gasteiger partial charge in [-0.15, -0.1) is 5.10 Å². The molecule has 41 heavy (non-hydrogen) atoms.